The van der Waals surface area contributed by atoms with Gasteiger partial charge < -0.3 is 9.80 Å². The van der Waals surface area contributed by atoms with Crippen LogP contribution in [0.1, 0.15) is 21.7 Å². The average Bonchev–Trinajstić information content (AvgIpc) is 3.17. The maximum Gasteiger partial charge on any atom is 0.256 e. The summed E-state index contributed by atoms with van der Waals surface area (Å²) in [5.74, 6) is 0.0837. The van der Waals surface area contributed by atoms with Gasteiger partial charge in [-0.05, 0) is 17.7 Å². The molecule has 1 aromatic heterocycles. The molecule has 1 saturated heterocycles. The van der Waals surface area contributed by atoms with Gasteiger partial charge in [0, 0.05) is 44.1 Å². The number of amides is 1. The maximum atomic E-state index is 13.8. The Hall–Kier alpha value is -2.80. The molecule has 0 unspecified atom stereocenters. The van der Waals surface area contributed by atoms with E-state index in [1.165, 1.54) is 29.2 Å². The zero-order valence-corrected chi connectivity index (χ0v) is 15.5. The number of aromatic nitrogens is 2. The number of hydrogen-bond acceptors (Lipinski definition) is 5. The van der Waals surface area contributed by atoms with Crippen molar-refractivity contribution in [3.8, 4) is 0 Å². The van der Waals surface area contributed by atoms with Gasteiger partial charge in [-0.25, -0.2) is 9.37 Å². The first-order valence-corrected chi connectivity index (χ1v) is 9.63. The Kier molecular flexibility index (Phi) is 5.11. The van der Waals surface area contributed by atoms with Crippen LogP contribution in [0, 0.1) is 5.82 Å². The molecule has 2 aromatic carbocycles. The second-order valence-corrected chi connectivity index (χ2v) is 7.14. The third-order valence-electron chi connectivity index (χ3n) is 4.60. The molecule has 27 heavy (non-hydrogen) atoms. The van der Waals surface area contributed by atoms with Gasteiger partial charge in [0.15, 0.2) is 0 Å². The highest BCUT2D eigenvalue weighted by atomic mass is 32.1. The van der Waals surface area contributed by atoms with Gasteiger partial charge in [-0.2, -0.15) is 4.37 Å². The highest BCUT2D eigenvalue weighted by molar-refractivity contribution is 7.09. The van der Waals surface area contributed by atoms with Gasteiger partial charge in [0.05, 0.1) is 5.56 Å². The third-order valence-corrected chi connectivity index (χ3v) is 5.42. The number of halogens is 1. The molecule has 0 bridgehead atoms. The first-order chi connectivity index (χ1) is 13.2. The third kappa shape index (κ3) is 3.98. The first kappa shape index (κ1) is 17.6. The topological polar surface area (TPSA) is 49.3 Å². The molecule has 1 aliphatic rings. The Balaban J connectivity index is 1.37. The van der Waals surface area contributed by atoms with E-state index in [1.54, 1.807) is 17.0 Å². The van der Waals surface area contributed by atoms with E-state index in [-0.39, 0.29) is 11.5 Å². The van der Waals surface area contributed by atoms with Crippen LogP contribution in [0.15, 0.2) is 54.6 Å². The van der Waals surface area contributed by atoms with Crippen molar-refractivity contribution in [1.82, 2.24) is 14.3 Å². The predicted molar refractivity (Wildman–Crippen MR) is 104 cm³/mol. The molecular weight excluding hydrogens is 363 g/mol. The SMILES string of the molecule is O=C(c1ccccc1F)N1CCN(c2nc(Cc3ccccc3)ns2)CC1. The van der Waals surface area contributed by atoms with E-state index in [1.807, 2.05) is 18.2 Å². The second kappa shape index (κ2) is 7.84. The Morgan fingerprint density at radius 2 is 1.70 bits per heavy atom. The molecule has 138 valence electrons. The van der Waals surface area contributed by atoms with E-state index in [0.29, 0.717) is 32.6 Å². The van der Waals surface area contributed by atoms with Gasteiger partial charge in [-0.1, -0.05) is 42.5 Å². The fourth-order valence-corrected chi connectivity index (χ4v) is 3.87. The van der Waals surface area contributed by atoms with Crippen molar-refractivity contribution in [2.75, 3.05) is 31.1 Å². The number of carbonyl (C=O) groups excluding carboxylic acids is 1. The van der Waals surface area contributed by atoms with Crippen molar-refractivity contribution < 1.29 is 9.18 Å². The fraction of sp³-hybridized carbons (Fsp3) is 0.250. The summed E-state index contributed by atoms with van der Waals surface area (Å²) in [5, 5.41) is 0.874. The number of nitrogens with zero attached hydrogens (tertiary/aromatic N) is 4. The monoisotopic (exact) mass is 382 g/mol. The second-order valence-electron chi connectivity index (χ2n) is 6.41. The molecule has 3 aromatic rings. The molecule has 4 rings (SSSR count). The molecule has 1 aliphatic heterocycles. The maximum absolute atomic E-state index is 13.8. The van der Waals surface area contributed by atoms with Crippen LogP contribution in [-0.2, 0) is 6.42 Å². The number of benzene rings is 2. The van der Waals surface area contributed by atoms with Gasteiger partial charge in [0.2, 0.25) is 5.13 Å². The predicted octanol–water partition coefficient (Wildman–Crippen LogP) is 3.23. The van der Waals surface area contributed by atoms with Crippen LogP contribution in [0.25, 0.3) is 0 Å². The molecule has 0 aliphatic carbocycles. The minimum atomic E-state index is -0.473. The summed E-state index contributed by atoms with van der Waals surface area (Å²) in [6.07, 6.45) is 0.711. The molecular formula is C20H19FN4OS. The molecule has 5 nitrogen and oxygen atoms in total. The average molecular weight is 382 g/mol. The van der Waals surface area contributed by atoms with Gasteiger partial charge in [0.1, 0.15) is 11.6 Å². The van der Waals surface area contributed by atoms with Crippen LogP contribution in [0.2, 0.25) is 0 Å². The van der Waals surface area contributed by atoms with Gasteiger partial charge in [-0.15, -0.1) is 0 Å². The highest BCUT2D eigenvalue weighted by Gasteiger charge is 2.25. The highest BCUT2D eigenvalue weighted by Crippen LogP contribution is 2.21. The van der Waals surface area contributed by atoms with E-state index >= 15 is 0 Å². The molecule has 1 amide bonds. The van der Waals surface area contributed by atoms with Crippen LogP contribution in [0.3, 0.4) is 0 Å². The fourth-order valence-electron chi connectivity index (χ4n) is 3.13. The van der Waals surface area contributed by atoms with Gasteiger partial charge in [0.25, 0.3) is 5.91 Å². The molecule has 0 saturated carbocycles. The Bertz CT molecular complexity index is 922. The number of rotatable bonds is 4. The Labute approximate surface area is 161 Å². The van der Waals surface area contributed by atoms with Crippen LogP contribution < -0.4 is 4.90 Å². The normalized spacial score (nSPS) is 14.4. The summed E-state index contributed by atoms with van der Waals surface area (Å²) in [6, 6.07) is 16.3. The summed E-state index contributed by atoms with van der Waals surface area (Å²) in [6.45, 7) is 2.42. The number of carbonyl (C=O) groups is 1. The van der Waals surface area contributed by atoms with Crippen LogP contribution in [0.5, 0.6) is 0 Å². The van der Waals surface area contributed by atoms with Crippen molar-refractivity contribution in [3.05, 3.63) is 77.4 Å². The quantitative estimate of drug-likeness (QED) is 0.695. The summed E-state index contributed by atoms with van der Waals surface area (Å²) in [4.78, 5) is 21.0. The van der Waals surface area contributed by atoms with Crippen molar-refractivity contribution in [1.29, 1.82) is 0 Å². The first-order valence-electron chi connectivity index (χ1n) is 8.86. The van der Waals surface area contributed by atoms with Crippen LogP contribution in [-0.4, -0.2) is 46.3 Å². The zero-order chi connectivity index (χ0) is 18.6. The summed E-state index contributed by atoms with van der Waals surface area (Å²) in [5.41, 5.74) is 1.31. The van der Waals surface area contributed by atoms with Crippen molar-refractivity contribution >= 4 is 22.6 Å². The summed E-state index contributed by atoms with van der Waals surface area (Å²) in [7, 11) is 0. The Morgan fingerprint density at radius 3 is 2.44 bits per heavy atom. The smallest absolute Gasteiger partial charge is 0.256 e. The van der Waals surface area contributed by atoms with Crippen molar-refractivity contribution in [2.45, 2.75) is 6.42 Å². The van der Waals surface area contributed by atoms with E-state index < -0.39 is 5.82 Å². The van der Waals surface area contributed by atoms with Gasteiger partial charge in [-0.3, -0.25) is 4.79 Å². The molecule has 0 spiro atoms. The molecule has 0 radical (unpaired) electrons. The Morgan fingerprint density at radius 1 is 1.00 bits per heavy atom. The van der Waals surface area contributed by atoms with Crippen LogP contribution >= 0.6 is 11.5 Å². The standard InChI is InChI=1S/C20H19FN4OS/c21-17-9-5-4-8-16(17)19(26)24-10-12-25(13-11-24)20-22-18(23-27-20)14-15-6-2-1-3-7-15/h1-9H,10-14H2. The van der Waals surface area contributed by atoms with Gasteiger partial charge >= 0.3 is 0 Å². The minimum absolute atomic E-state index is 0.131. The molecule has 7 heteroatoms. The summed E-state index contributed by atoms with van der Waals surface area (Å²) < 4.78 is 18.3. The van der Waals surface area contributed by atoms with Crippen molar-refractivity contribution in [3.63, 3.8) is 0 Å². The largest absolute Gasteiger partial charge is 0.343 e. The lowest BCUT2D eigenvalue weighted by Gasteiger charge is -2.34. The van der Waals surface area contributed by atoms with Crippen LogP contribution in [0.4, 0.5) is 9.52 Å². The number of anilines is 1. The molecule has 0 N–H and O–H groups in total. The summed E-state index contributed by atoms with van der Waals surface area (Å²) >= 11 is 1.39. The zero-order valence-electron chi connectivity index (χ0n) is 14.7. The number of hydrogen-bond donors (Lipinski definition) is 0. The lowest BCUT2D eigenvalue weighted by atomic mass is 10.1. The van der Waals surface area contributed by atoms with E-state index in [9.17, 15) is 9.18 Å². The van der Waals surface area contributed by atoms with E-state index in [4.69, 9.17) is 0 Å². The van der Waals surface area contributed by atoms with E-state index in [2.05, 4.69) is 26.4 Å². The molecule has 1 fully saturated rings. The molecule has 2 heterocycles. The molecule has 0 atom stereocenters. The van der Waals surface area contributed by atoms with Crippen molar-refractivity contribution in [2.24, 2.45) is 0 Å². The van der Waals surface area contributed by atoms with E-state index in [0.717, 1.165) is 11.0 Å². The lowest BCUT2D eigenvalue weighted by molar-refractivity contribution is 0.0742. The number of piperazine rings is 1. The minimum Gasteiger partial charge on any atom is -0.343 e. The lowest BCUT2D eigenvalue weighted by Crippen LogP contribution is -2.49.